The van der Waals surface area contributed by atoms with Gasteiger partial charge in [0.1, 0.15) is 0 Å². The first-order chi connectivity index (χ1) is 8.65. The molecule has 0 atom stereocenters. The standard InChI is InChI=1S/C13H13ClN2OS/c1-9(17)16-13-5-4-10(7-12(13)14)15-8-11-3-2-6-18-11/h2-7,15H,8H2,1H3,(H,16,17). The maximum absolute atomic E-state index is 10.9. The zero-order valence-corrected chi connectivity index (χ0v) is 11.4. The van der Waals surface area contributed by atoms with Crippen LogP contribution >= 0.6 is 22.9 Å². The van der Waals surface area contributed by atoms with E-state index in [4.69, 9.17) is 11.6 Å². The maximum atomic E-state index is 10.9. The van der Waals surface area contributed by atoms with Crippen molar-refractivity contribution in [2.45, 2.75) is 13.5 Å². The second kappa shape index (κ2) is 5.89. The van der Waals surface area contributed by atoms with E-state index in [1.165, 1.54) is 11.8 Å². The molecule has 0 fully saturated rings. The Kier molecular flexibility index (Phi) is 4.23. The van der Waals surface area contributed by atoms with Crippen molar-refractivity contribution in [3.8, 4) is 0 Å². The average Bonchev–Trinajstić information content (AvgIpc) is 2.82. The minimum Gasteiger partial charge on any atom is -0.380 e. The average molecular weight is 281 g/mol. The Balaban J connectivity index is 2.02. The number of hydrogen-bond donors (Lipinski definition) is 2. The summed E-state index contributed by atoms with van der Waals surface area (Å²) in [7, 11) is 0. The third-order valence-corrected chi connectivity index (χ3v) is 3.52. The van der Waals surface area contributed by atoms with E-state index in [0.29, 0.717) is 10.7 Å². The molecule has 1 aromatic carbocycles. The molecule has 1 heterocycles. The van der Waals surface area contributed by atoms with Crippen LogP contribution in [0.5, 0.6) is 0 Å². The van der Waals surface area contributed by atoms with Crippen LogP contribution in [0.3, 0.4) is 0 Å². The molecular formula is C13H13ClN2OS. The summed E-state index contributed by atoms with van der Waals surface area (Å²) >= 11 is 7.79. The Hall–Kier alpha value is -1.52. The number of carbonyl (C=O) groups is 1. The molecule has 1 aromatic heterocycles. The van der Waals surface area contributed by atoms with E-state index in [1.54, 1.807) is 23.5 Å². The van der Waals surface area contributed by atoms with Gasteiger partial charge >= 0.3 is 0 Å². The Morgan fingerprint density at radius 2 is 2.22 bits per heavy atom. The fourth-order valence-electron chi connectivity index (χ4n) is 1.52. The molecular weight excluding hydrogens is 268 g/mol. The van der Waals surface area contributed by atoms with Gasteiger partial charge in [-0.2, -0.15) is 0 Å². The summed E-state index contributed by atoms with van der Waals surface area (Å²) in [5.41, 5.74) is 1.56. The summed E-state index contributed by atoms with van der Waals surface area (Å²) in [5, 5.41) is 8.53. The predicted molar refractivity (Wildman–Crippen MR) is 77.4 cm³/mol. The smallest absolute Gasteiger partial charge is 0.221 e. The van der Waals surface area contributed by atoms with E-state index in [2.05, 4.69) is 16.7 Å². The van der Waals surface area contributed by atoms with E-state index in [1.807, 2.05) is 17.5 Å². The highest BCUT2D eigenvalue weighted by molar-refractivity contribution is 7.09. The third kappa shape index (κ3) is 3.48. The van der Waals surface area contributed by atoms with Crippen molar-refractivity contribution < 1.29 is 4.79 Å². The van der Waals surface area contributed by atoms with Gasteiger partial charge in [-0.15, -0.1) is 11.3 Å². The van der Waals surface area contributed by atoms with E-state index >= 15 is 0 Å². The second-order valence-electron chi connectivity index (χ2n) is 3.81. The molecule has 1 amide bonds. The predicted octanol–water partition coefficient (Wildman–Crippen LogP) is 3.97. The molecule has 0 aliphatic heterocycles. The summed E-state index contributed by atoms with van der Waals surface area (Å²) in [5.74, 6) is -0.129. The normalized spacial score (nSPS) is 10.1. The molecule has 5 heteroatoms. The molecule has 2 rings (SSSR count). The monoisotopic (exact) mass is 280 g/mol. The van der Waals surface area contributed by atoms with Gasteiger partial charge in [-0.25, -0.2) is 0 Å². The number of hydrogen-bond acceptors (Lipinski definition) is 3. The first-order valence-corrected chi connectivity index (χ1v) is 6.74. The van der Waals surface area contributed by atoms with Crippen molar-refractivity contribution in [2.24, 2.45) is 0 Å². The van der Waals surface area contributed by atoms with Crippen LogP contribution in [0.4, 0.5) is 11.4 Å². The minimum absolute atomic E-state index is 0.129. The van der Waals surface area contributed by atoms with Crippen LogP contribution in [0.15, 0.2) is 35.7 Å². The molecule has 2 aromatic rings. The molecule has 0 spiro atoms. The molecule has 18 heavy (non-hydrogen) atoms. The fraction of sp³-hybridized carbons (Fsp3) is 0.154. The summed E-state index contributed by atoms with van der Waals surface area (Å²) < 4.78 is 0. The van der Waals surface area contributed by atoms with E-state index in [-0.39, 0.29) is 5.91 Å². The number of nitrogens with one attached hydrogen (secondary N) is 2. The molecule has 0 bridgehead atoms. The van der Waals surface area contributed by atoms with Crippen LogP contribution in [0, 0.1) is 0 Å². The summed E-state index contributed by atoms with van der Waals surface area (Å²) in [6.07, 6.45) is 0. The van der Waals surface area contributed by atoms with Gasteiger partial charge in [-0.3, -0.25) is 4.79 Å². The zero-order chi connectivity index (χ0) is 13.0. The van der Waals surface area contributed by atoms with Gasteiger partial charge in [-0.1, -0.05) is 17.7 Å². The summed E-state index contributed by atoms with van der Waals surface area (Å²) in [4.78, 5) is 12.2. The van der Waals surface area contributed by atoms with Crippen molar-refractivity contribution in [1.29, 1.82) is 0 Å². The Labute approximate surface area is 115 Å². The van der Waals surface area contributed by atoms with Crippen molar-refractivity contribution in [3.05, 3.63) is 45.6 Å². The first-order valence-electron chi connectivity index (χ1n) is 5.48. The number of carbonyl (C=O) groups excluding carboxylic acids is 1. The topological polar surface area (TPSA) is 41.1 Å². The molecule has 0 radical (unpaired) electrons. The molecule has 0 aliphatic rings. The van der Waals surface area contributed by atoms with Gasteiger partial charge in [-0.05, 0) is 29.6 Å². The fourth-order valence-corrected chi connectivity index (χ4v) is 2.39. The van der Waals surface area contributed by atoms with Gasteiger partial charge in [0.25, 0.3) is 0 Å². The molecule has 2 N–H and O–H groups in total. The molecule has 94 valence electrons. The number of rotatable bonds is 4. The summed E-state index contributed by atoms with van der Waals surface area (Å²) in [6.45, 7) is 2.23. The molecule has 0 aliphatic carbocycles. The minimum atomic E-state index is -0.129. The van der Waals surface area contributed by atoms with Crippen LogP contribution in [0.1, 0.15) is 11.8 Å². The Bertz CT molecular complexity index is 540. The van der Waals surface area contributed by atoms with Crippen LogP contribution in [-0.2, 0) is 11.3 Å². The molecule has 3 nitrogen and oxygen atoms in total. The van der Waals surface area contributed by atoms with Crippen LogP contribution in [0.2, 0.25) is 5.02 Å². The van der Waals surface area contributed by atoms with E-state index in [0.717, 1.165) is 12.2 Å². The largest absolute Gasteiger partial charge is 0.380 e. The van der Waals surface area contributed by atoms with Crippen molar-refractivity contribution in [3.63, 3.8) is 0 Å². The lowest BCUT2D eigenvalue weighted by atomic mass is 10.2. The second-order valence-corrected chi connectivity index (χ2v) is 5.25. The lowest BCUT2D eigenvalue weighted by molar-refractivity contribution is -0.114. The lowest BCUT2D eigenvalue weighted by Crippen LogP contribution is -2.06. The molecule has 0 saturated heterocycles. The molecule has 0 saturated carbocycles. The highest BCUT2D eigenvalue weighted by Crippen LogP contribution is 2.26. The quantitative estimate of drug-likeness (QED) is 0.890. The molecule has 0 unspecified atom stereocenters. The van der Waals surface area contributed by atoms with Crippen molar-refractivity contribution >= 4 is 40.2 Å². The SMILES string of the molecule is CC(=O)Nc1ccc(NCc2cccs2)cc1Cl. The van der Waals surface area contributed by atoms with Gasteiger partial charge < -0.3 is 10.6 Å². The number of benzene rings is 1. The van der Waals surface area contributed by atoms with E-state index < -0.39 is 0 Å². The summed E-state index contributed by atoms with van der Waals surface area (Å²) in [6, 6.07) is 9.59. The maximum Gasteiger partial charge on any atom is 0.221 e. The Morgan fingerprint density at radius 3 is 2.83 bits per heavy atom. The van der Waals surface area contributed by atoms with Crippen LogP contribution in [0.25, 0.3) is 0 Å². The van der Waals surface area contributed by atoms with Gasteiger partial charge in [0.2, 0.25) is 5.91 Å². The number of thiophene rings is 1. The number of amides is 1. The van der Waals surface area contributed by atoms with Crippen molar-refractivity contribution in [1.82, 2.24) is 0 Å². The van der Waals surface area contributed by atoms with Crippen LogP contribution < -0.4 is 10.6 Å². The highest BCUT2D eigenvalue weighted by Gasteiger charge is 2.03. The van der Waals surface area contributed by atoms with Gasteiger partial charge in [0.05, 0.1) is 10.7 Å². The van der Waals surface area contributed by atoms with Gasteiger partial charge in [0.15, 0.2) is 0 Å². The Morgan fingerprint density at radius 1 is 1.39 bits per heavy atom. The lowest BCUT2D eigenvalue weighted by Gasteiger charge is -2.09. The number of halogens is 1. The first kappa shape index (κ1) is 12.9. The van der Waals surface area contributed by atoms with E-state index in [9.17, 15) is 4.79 Å². The number of anilines is 2. The third-order valence-electron chi connectivity index (χ3n) is 2.33. The zero-order valence-electron chi connectivity index (χ0n) is 9.87. The highest BCUT2D eigenvalue weighted by atomic mass is 35.5. The van der Waals surface area contributed by atoms with Crippen LogP contribution in [-0.4, -0.2) is 5.91 Å². The van der Waals surface area contributed by atoms with Crippen molar-refractivity contribution in [2.75, 3.05) is 10.6 Å². The van der Waals surface area contributed by atoms with Gasteiger partial charge in [0, 0.05) is 24.0 Å².